The van der Waals surface area contributed by atoms with Crippen LogP contribution in [0, 0.1) is 0 Å². The molecule has 0 bridgehead atoms. The Labute approximate surface area is 151 Å². The topological polar surface area (TPSA) is 84.5 Å². The highest BCUT2D eigenvalue weighted by Gasteiger charge is 2.29. The Morgan fingerprint density at radius 3 is 2.84 bits per heavy atom. The maximum atomic E-state index is 12.3. The fourth-order valence-electron chi connectivity index (χ4n) is 2.61. The van der Waals surface area contributed by atoms with E-state index < -0.39 is 16.1 Å². The number of ether oxygens (including phenoxy) is 1. The third kappa shape index (κ3) is 3.95. The molecule has 132 valence electrons. The molecule has 0 radical (unpaired) electrons. The van der Waals surface area contributed by atoms with Crippen molar-refractivity contribution in [1.29, 1.82) is 0 Å². The van der Waals surface area contributed by atoms with E-state index in [1.165, 1.54) is 19.2 Å². The molecule has 1 heterocycles. The number of amides is 1. The van der Waals surface area contributed by atoms with Crippen LogP contribution < -0.4 is 14.8 Å². The first-order valence-corrected chi connectivity index (χ1v) is 9.50. The highest BCUT2D eigenvalue weighted by molar-refractivity contribution is 7.89. The molecule has 1 amide bonds. The van der Waals surface area contributed by atoms with Crippen LogP contribution in [-0.4, -0.2) is 27.5 Å². The Kier molecular flexibility index (Phi) is 4.99. The van der Waals surface area contributed by atoms with Gasteiger partial charge in [0, 0.05) is 18.0 Å². The molecule has 2 N–H and O–H groups in total. The van der Waals surface area contributed by atoms with Gasteiger partial charge in [-0.3, -0.25) is 4.79 Å². The maximum absolute atomic E-state index is 12.3. The third-order valence-corrected chi connectivity index (χ3v) is 5.58. The van der Waals surface area contributed by atoms with Crippen molar-refractivity contribution in [3.05, 3.63) is 58.6 Å². The molecule has 25 heavy (non-hydrogen) atoms. The number of nitrogens with one attached hydrogen (secondary N) is 2. The molecule has 0 aromatic heterocycles. The molecule has 0 saturated carbocycles. The van der Waals surface area contributed by atoms with Crippen LogP contribution in [0.5, 0.6) is 5.75 Å². The van der Waals surface area contributed by atoms with E-state index in [4.69, 9.17) is 16.3 Å². The summed E-state index contributed by atoms with van der Waals surface area (Å²) in [4.78, 5) is 12.5. The summed E-state index contributed by atoms with van der Waals surface area (Å²) in [6.07, 6.45) is -0.159. The van der Waals surface area contributed by atoms with Crippen LogP contribution in [-0.2, 0) is 27.8 Å². The number of hydrogen-bond donors (Lipinski definition) is 2. The second-order valence-electron chi connectivity index (χ2n) is 5.64. The molecule has 0 aliphatic carbocycles. The summed E-state index contributed by atoms with van der Waals surface area (Å²) in [5.41, 5.74) is 1.58. The molecule has 1 aliphatic heterocycles. The fourth-order valence-corrected chi connectivity index (χ4v) is 3.60. The van der Waals surface area contributed by atoms with Gasteiger partial charge in [0.2, 0.25) is 10.0 Å². The van der Waals surface area contributed by atoms with Crippen molar-refractivity contribution in [3.8, 4) is 5.75 Å². The van der Waals surface area contributed by atoms with Gasteiger partial charge in [-0.15, -0.1) is 0 Å². The van der Waals surface area contributed by atoms with Crippen LogP contribution in [0.4, 0.5) is 0 Å². The zero-order chi connectivity index (χ0) is 18.0. The van der Waals surface area contributed by atoms with Gasteiger partial charge in [0.05, 0.1) is 4.90 Å². The zero-order valence-electron chi connectivity index (χ0n) is 13.5. The average Bonchev–Trinajstić information content (AvgIpc) is 3.03. The fraction of sp³-hybridized carbons (Fsp3) is 0.235. The summed E-state index contributed by atoms with van der Waals surface area (Å²) in [5.74, 6) is 0.404. The van der Waals surface area contributed by atoms with Gasteiger partial charge in [0.1, 0.15) is 5.75 Å². The van der Waals surface area contributed by atoms with Crippen molar-refractivity contribution in [2.45, 2.75) is 24.0 Å². The Morgan fingerprint density at radius 2 is 2.08 bits per heavy atom. The lowest BCUT2D eigenvalue weighted by Gasteiger charge is -2.12. The largest absolute Gasteiger partial charge is 0.480 e. The number of fused-ring (bicyclic) bond motifs is 1. The predicted octanol–water partition coefficient (Wildman–Crippen LogP) is 1.87. The van der Waals surface area contributed by atoms with Gasteiger partial charge in [-0.25, -0.2) is 13.1 Å². The lowest BCUT2D eigenvalue weighted by Crippen LogP contribution is -2.37. The maximum Gasteiger partial charge on any atom is 0.261 e. The molecule has 0 fully saturated rings. The van der Waals surface area contributed by atoms with Gasteiger partial charge in [-0.2, -0.15) is 0 Å². The summed E-state index contributed by atoms with van der Waals surface area (Å²) < 4.78 is 31.5. The molecule has 1 atom stereocenters. The van der Waals surface area contributed by atoms with Crippen molar-refractivity contribution >= 4 is 27.5 Å². The Bertz CT molecular complexity index is 915. The van der Waals surface area contributed by atoms with Crippen LogP contribution in [0.2, 0.25) is 5.02 Å². The smallest absolute Gasteiger partial charge is 0.261 e. The van der Waals surface area contributed by atoms with Crippen LogP contribution in [0.1, 0.15) is 11.1 Å². The molecule has 0 saturated heterocycles. The summed E-state index contributed by atoms with van der Waals surface area (Å²) in [6.45, 7) is 0.211. The predicted molar refractivity (Wildman–Crippen MR) is 94.1 cm³/mol. The molecule has 1 aliphatic rings. The Morgan fingerprint density at radius 1 is 1.28 bits per heavy atom. The number of sulfonamides is 1. The van der Waals surface area contributed by atoms with Gasteiger partial charge in [-0.1, -0.05) is 23.7 Å². The monoisotopic (exact) mass is 380 g/mol. The summed E-state index contributed by atoms with van der Waals surface area (Å²) in [5, 5.41) is 3.38. The summed E-state index contributed by atoms with van der Waals surface area (Å²) >= 11 is 5.95. The molecule has 6 nitrogen and oxygen atoms in total. The first-order valence-electron chi connectivity index (χ1n) is 7.64. The molecule has 0 spiro atoms. The van der Waals surface area contributed by atoms with E-state index in [9.17, 15) is 13.2 Å². The SMILES string of the molecule is CNS(=O)(=O)c1cccc(CNC(=O)C2Cc3cc(Cl)ccc3O2)c1. The minimum Gasteiger partial charge on any atom is -0.480 e. The second kappa shape index (κ2) is 7.03. The van der Waals surface area contributed by atoms with Crippen LogP contribution in [0.3, 0.4) is 0 Å². The molecule has 8 heteroatoms. The van der Waals surface area contributed by atoms with Crippen molar-refractivity contribution in [2.24, 2.45) is 0 Å². The van der Waals surface area contributed by atoms with Gasteiger partial charge >= 0.3 is 0 Å². The lowest BCUT2D eigenvalue weighted by molar-refractivity contribution is -0.127. The first-order chi connectivity index (χ1) is 11.9. The minimum absolute atomic E-state index is 0.154. The van der Waals surface area contributed by atoms with Gasteiger partial charge in [-0.05, 0) is 48.5 Å². The third-order valence-electron chi connectivity index (χ3n) is 3.93. The van der Waals surface area contributed by atoms with Gasteiger partial charge < -0.3 is 10.1 Å². The number of hydrogen-bond acceptors (Lipinski definition) is 4. The zero-order valence-corrected chi connectivity index (χ0v) is 15.0. The number of carbonyl (C=O) groups excluding carboxylic acids is 1. The molecular formula is C17H17ClN2O4S. The molecule has 2 aromatic rings. The second-order valence-corrected chi connectivity index (χ2v) is 7.96. The van der Waals surface area contributed by atoms with E-state index in [0.29, 0.717) is 22.8 Å². The van der Waals surface area contributed by atoms with E-state index in [2.05, 4.69) is 10.0 Å². The average molecular weight is 381 g/mol. The van der Waals surface area contributed by atoms with Crippen molar-refractivity contribution in [1.82, 2.24) is 10.0 Å². The van der Waals surface area contributed by atoms with Crippen LogP contribution >= 0.6 is 11.6 Å². The summed E-state index contributed by atoms with van der Waals surface area (Å²) in [6, 6.07) is 11.7. The lowest BCUT2D eigenvalue weighted by atomic mass is 10.1. The van der Waals surface area contributed by atoms with E-state index in [-0.39, 0.29) is 17.3 Å². The standard InChI is InChI=1S/C17H17ClN2O4S/c1-19-25(22,23)14-4-2-3-11(7-14)10-20-17(21)16-9-12-8-13(18)5-6-15(12)24-16/h2-8,16,19H,9-10H2,1H3,(H,20,21). The van der Waals surface area contributed by atoms with Crippen LogP contribution in [0.15, 0.2) is 47.4 Å². The van der Waals surface area contributed by atoms with Gasteiger partial charge in [0.15, 0.2) is 6.10 Å². The Hall–Kier alpha value is -2.09. The first kappa shape index (κ1) is 17.7. The highest BCUT2D eigenvalue weighted by Crippen LogP contribution is 2.31. The van der Waals surface area contributed by atoms with Crippen molar-refractivity contribution in [2.75, 3.05) is 7.05 Å². The highest BCUT2D eigenvalue weighted by atomic mass is 35.5. The van der Waals surface area contributed by atoms with Gasteiger partial charge in [0.25, 0.3) is 5.91 Å². The molecule has 3 rings (SSSR count). The number of carbonyl (C=O) groups is 1. The van der Waals surface area contributed by atoms with E-state index in [1.807, 2.05) is 0 Å². The van der Waals surface area contributed by atoms with E-state index in [0.717, 1.165) is 5.56 Å². The molecule has 2 aromatic carbocycles. The van der Waals surface area contributed by atoms with Crippen molar-refractivity contribution in [3.63, 3.8) is 0 Å². The van der Waals surface area contributed by atoms with E-state index in [1.54, 1.807) is 30.3 Å². The normalized spacial score (nSPS) is 16.2. The molecular weight excluding hydrogens is 364 g/mol. The molecule has 1 unspecified atom stereocenters. The quantitative estimate of drug-likeness (QED) is 0.829. The van der Waals surface area contributed by atoms with Crippen molar-refractivity contribution < 1.29 is 17.9 Å². The summed E-state index contributed by atoms with van der Waals surface area (Å²) in [7, 11) is -2.16. The number of rotatable bonds is 5. The van der Waals surface area contributed by atoms with E-state index >= 15 is 0 Å². The minimum atomic E-state index is -3.52. The number of halogens is 1. The van der Waals surface area contributed by atoms with Crippen LogP contribution in [0.25, 0.3) is 0 Å². The number of benzene rings is 2. The Balaban J connectivity index is 1.63.